The first-order chi connectivity index (χ1) is 15.2. The summed E-state index contributed by atoms with van der Waals surface area (Å²) in [5.41, 5.74) is 10.5. The van der Waals surface area contributed by atoms with Gasteiger partial charge in [-0.05, 0) is 50.5 Å². The van der Waals surface area contributed by atoms with Crippen LogP contribution in [0.5, 0.6) is 0 Å². The van der Waals surface area contributed by atoms with Gasteiger partial charge in [-0.1, -0.05) is 29.3 Å². The maximum absolute atomic E-state index is 12.2. The maximum atomic E-state index is 12.2. The van der Waals surface area contributed by atoms with E-state index in [-0.39, 0.29) is 18.0 Å². The number of carbonyl (C=O) groups is 2. The van der Waals surface area contributed by atoms with E-state index in [1.165, 1.54) is 12.1 Å². The number of rotatable bonds is 5. The van der Waals surface area contributed by atoms with Gasteiger partial charge >= 0.3 is 6.03 Å². The number of benzene rings is 2. The van der Waals surface area contributed by atoms with E-state index in [9.17, 15) is 19.7 Å². The van der Waals surface area contributed by atoms with Gasteiger partial charge in [-0.2, -0.15) is 0 Å². The third kappa shape index (κ3) is 5.84. The second-order valence-electron chi connectivity index (χ2n) is 7.91. The molecule has 0 aromatic heterocycles. The zero-order valence-corrected chi connectivity index (χ0v) is 18.4. The SMILES string of the molecule is Cc1cc(C)c(NC(=O)NNC(=O)CC2=CCN(c3ccc([N+](=O)[O-])cc3)CC2)c(C)c1. The Morgan fingerprint density at radius 2 is 1.72 bits per heavy atom. The Morgan fingerprint density at radius 3 is 2.28 bits per heavy atom. The minimum Gasteiger partial charge on any atom is -0.367 e. The first-order valence-corrected chi connectivity index (χ1v) is 10.3. The molecule has 3 rings (SSSR count). The molecule has 0 aliphatic carbocycles. The highest BCUT2D eigenvalue weighted by Crippen LogP contribution is 2.24. The molecule has 168 valence electrons. The number of nitro groups is 1. The summed E-state index contributed by atoms with van der Waals surface area (Å²) in [5.74, 6) is -0.299. The van der Waals surface area contributed by atoms with Gasteiger partial charge in [0.1, 0.15) is 0 Å². The lowest BCUT2D eigenvalue weighted by Gasteiger charge is -2.28. The standard InChI is InChI=1S/C23H27N5O4/c1-15-12-16(2)22(17(3)13-15)24-23(30)26-25-21(29)14-18-8-10-27(11-9-18)19-4-6-20(7-5-19)28(31)32/h4-8,12-13H,9-11,14H2,1-3H3,(H,25,29)(H2,24,26,30). The molecule has 2 aromatic carbocycles. The van der Waals surface area contributed by atoms with Crippen molar-refractivity contribution in [3.63, 3.8) is 0 Å². The Balaban J connectivity index is 1.46. The Kier molecular flexibility index (Phi) is 7.09. The Morgan fingerprint density at radius 1 is 1.06 bits per heavy atom. The highest BCUT2D eigenvalue weighted by Gasteiger charge is 2.16. The van der Waals surface area contributed by atoms with Gasteiger partial charge in [-0.25, -0.2) is 10.2 Å². The fourth-order valence-electron chi connectivity index (χ4n) is 3.79. The number of nitrogens with one attached hydrogen (secondary N) is 3. The number of nitro benzene ring substituents is 1. The average molecular weight is 438 g/mol. The zero-order valence-electron chi connectivity index (χ0n) is 18.4. The summed E-state index contributed by atoms with van der Waals surface area (Å²) in [4.78, 5) is 36.8. The molecule has 0 unspecified atom stereocenters. The van der Waals surface area contributed by atoms with Crippen molar-refractivity contribution in [3.05, 3.63) is 74.9 Å². The first-order valence-electron chi connectivity index (χ1n) is 10.3. The molecule has 1 aliphatic heterocycles. The number of anilines is 2. The van der Waals surface area contributed by atoms with Crippen molar-refractivity contribution in [1.82, 2.24) is 10.9 Å². The van der Waals surface area contributed by atoms with Gasteiger partial charge in [-0.15, -0.1) is 0 Å². The summed E-state index contributed by atoms with van der Waals surface area (Å²) >= 11 is 0. The molecule has 0 saturated carbocycles. The number of hydrogen-bond acceptors (Lipinski definition) is 5. The van der Waals surface area contributed by atoms with Crippen LogP contribution in [0.4, 0.5) is 21.9 Å². The summed E-state index contributed by atoms with van der Waals surface area (Å²) in [6.07, 6.45) is 2.86. The highest BCUT2D eigenvalue weighted by atomic mass is 16.6. The number of amides is 3. The van der Waals surface area contributed by atoms with Gasteiger partial charge in [0.25, 0.3) is 5.69 Å². The molecule has 9 nitrogen and oxygen atoms in total. The second-order valence-corrected chi connectivity index (χ2v) is 7.91. The van der Waals surface area contributed by atoms with E-state index >= 15 is 0 Å². The highest BCUT2D eigenvalue weighted by molar-refractivity contribution is 5.92. The molecular formula is C23H27N5O4. The van der Waals surface area contributed by atoms with Crippen LogP contribution in [0.3, 0.4) is 0 Å². The Labute approximate surface area is 186 Å². The summed E-state index contributed by atoms with van der Waals surface area (Å²) in [5, 5.41) is 13.5. The van der Waals surface area contributed by atoms with Crippen molar-refractivity contribution in [1.29, 1.82) is 0 Å². The van der Waals surface area contributed by atoms with Gasteiger partial charge in [0.15, 0.2) is 0 Å². The quantitative estimate of drug-likeness (QED) is 0.373. The number of hydrazine groups is 1. The fourth-order valence-corrected chi connectivity index (χ4v) is 3.79. The minimum absolute atomic E-state index is 0.0582. The van der Waals surface area contributed by atoms with E-state index in [4.69, 9.17) is 0 Å². The van der Waals surface area contributed by atoms with Gasteiger partial charge < -0.3 is 10.2 Å². The van der Waals surface area contributed by atoms with Crippen LogP contribution in [0, 0.1) is 30.9 Å². The lowest BCUT2D eigenvalue weighted by molar-refractivity contribution is -0.384. The molecule has 0 fully saturated rings. The Bertz CT molecular complexity index is 1040. The van der Waals surface area contributed by atoms with Crippen LogP contribution in [-0.2, 0) is 4.79 Å². The van der Waals surface area contributed by atoms with E-state index < -0.39 is 11.0 Å². The van der Waals surface area contributed by atoms with Crippen molar-refractivity contribution in [2.45, 2.75) is 33.6 Å². The topological polar surface area (TPSA) is 117 Å². The largest absolute Gasteiger partial charge is 0.367 e. The lowest BCUT2D eigenvalue weighted by Crippen LogP contribution is -2.44. The third-order valence-corrected chi connectivity index (χ3v) is 5.35. The molecule has 1 heterocycles. The summed E-state index contributed by atoms with van der Waals surface area (Å²) in [6.45, 7) is 7.15. The van der Waals surface area contributed by atoms with E-state index in [1.807, 2.05) is 39.0 Å². The summed E-state index contributed by atoms with van der Waals surface area (Å²) in [7, 11) is 0. The van der Waals surface area contributed by atoms with Gasteiger partial charge in [0, 0.05) is 43.0 Å². The summed E-state index contributed by atoms with van der Waals surface area (Å²) < 4.78 is 0. The van der Waals surface area contributed by atoms with Crippen molar-refractivity contribution < 1.29 is 14.5 Å². The first kappa shape index (κ1) is 22.8. The van der Waals surface area contributed by atoms with Crippen molar-refractivity contribution in [3.8, 4) is 0 Å². The van der Waals surface area contributed by atoms with Crippen molar-refractivity contribution >= 4 is 29.0 Å². The number of aryl methyl sites for hydroxylation is 3. The monoisotopic (exact) mass is 437 g/mol. The van der Waals surface area contributed by atoms with Crippen molar-refractivity contribution in [2.24, 2.45) is 0 Å². The maximum Gasteiger partial charge on any atom is 0.337 e. The number of carbonyl (C=O) groups excluding carboxylic acids is 2. The van der Waals surface area contributed by atoms with Gasteiger partial charge in [0.2, 0.25) is 5.91 Å². The van der Waals surface area contributed by atoms with Crippen LogP contribution in [0.1, 0.15) is 29.5 Å². The molecule has 2 aromatic rings. The minimum atomic E-state index is -0.504. The predicted molar refractivity (Wildman–Crippen MR) is 124 cm³/mol. The van der Waals surface area contributed by atoms with Gasteiger partial charge in [-0.3, -0.25) is 20.3 Å². The molecule has 0 radical (unpaired) electrons. The molecule has 3 amide bonds. The predicted octanol–water partition coefficient (Wildman–Crippen LogP) is 3.90. The van der Waals surface area contributed by atoms with Crippen LogP contribution in [0.25, 0.3) is 0 Å². The Hall–Kier alpha value is -3.88. The molecule has 9 heteroatoms. The van der Waals surface area contributed by atoms with Crippen LogP contribution >= 0.6 is 0 Å². The zero-order chi connectivity index (χ0) is 23.3. The lowest BCUT2D eigenvalue weighted by atomic mass is 10.0. The smallest absolute Gasteiger partial charge is 0.337 e. The second kappa shape index (κ2) is 9.95. The normalized spacial score (nSPS) is 13.2. The molecule has 0 atom stereocenters. The van der Waals surface area contributed by atoms with E-state index in [2.05, 4.69) is 21.1 Å². The molecule has 0 bridgehead atoms. The molecule has 1 aliphatic rings. The number of non-ortho nitro benzene ring substituents is 1. The van der Waals surface area contributed by atoms with E-state index in [1.54, 1.807) is 12.1 Å². The number of hydrogen-bond donors (Lipinski definition) is 3. The molecule has 0 saturated heterocycles. The number of nitrogens with zero attached hydrogens (tertiary/aromatic N) is 2. The molecule has 32 heavy (non-hydrogen) atoms. The van der Waals surface area contributed by atoms with Crippen LogP contribution in [-0.4, -0.2) is 30.0 Å². The number of urea groups is 1. The van der Waals surface area contributed by atoms with Gasteiger partial charge in [0.05, 0.1) is 4.92 Å². The third-order valence-electron chi connectivity index (χ3n) is 5.35. The van der Waals surface area contributed by atoms with Crippen molar-refractivity contribution in [2.75, 3.05) is 23.3 Å². The molecule has 3 N–H and O–H groups in total. The van der Waals surface area contributed by atoms with Crippen LogP contribution < -0.4 is 21.1 Å². The van der Waals surface area contributed by atoms with E-state index in [0.717, 1.165) is 33.6 Å². The van der Waals surface area contributed by atoms with Crippen LogP contribution in [0.15, 0.2) is 48.0 Å². The summed E-state index contributed by atoms with van der Waals surface area (Å²) in [6, 6.07) is 9.88. The molecular weight excluding hydrogens is 410 g/mol. The van der Waals surface area contributed by atoms with E-state index in [0.29, 0.717) is 19.5 Å². The molecule has 0 spiro atoms. The van der Waals surface area contributed by atoms with Crippen LogP contribution in [0.2, 0.25) is 0 Å². The fraction of sp³-hybridized carbons (Fsp3) is 0.304. The average Bonchev–Trinajstić information content (AvgIpc) is 2.75.